The van der Waals surface area contributed by atoms with Crippen LogP contribution in [-0.2, 0) is 0 Å². The summed E-state index contributed by atoms with van der Waals surface area (Å²) in [5.41, 5.74) is 1.24. The number of hydrogen-bond acceptors (Lipinski definition) is 3. The lowest BCUT2D eigenvalue weighted by Gasteiger charge is -2.18. The zero-order valence-electron chi connectivity index (χ0n) is 9.33. The van der Waals surface area contributed by atoms with Gasteiger partial charge < -0.3 is 4.90 Å². The molecule has 1 aliphatic rings. The van der Waals surface area contributed by atoms with Crippen LogP contribution in [-0.4, -0.2) is 27.9 Å². The number of hydrogen-bond donors (Lipinski definition) is 0. The van der Waals surface area contributed by atoms with Crippen molar-refractivity contribution >= 4 is 21.6 Å². The van der Waals surface area contributed by atoms with Crippen molar-refractivity contribution in [2.45, 2.75) is 12.5 Å². The van der Waals surface area contributed by atoms with Crippen molar-refractivity contribution < 1.29 is 0 Å². The van der Waals surface area contributed by atoms with E-state index < -0.39 is 0 Å². The summed E-state index contributed by atoms with van der Waals surface area (Å²) in [5.74, 6) is 0. The predicted octanol–water partition coefficient (Wildman–Crippen LogP) is 2.49. The highest BCUT2D eigenvalue weighted by Gasteiger charge is 2.24. The van der Waals surface area contributed by atoms with E-state index in [1.807, 2.05) is 29.5 Å². The molecule has 0 radical (unpaired) electrons. The number of aromatic nitrogens is 3. The Morgan fingerprint density at radius 3 is 2.82 bits per heavy atom. The van der Waals surface area contributed by atoms with Gasteiger partial charge in [-0.2, -0.15) is 5.10 Å². The van der Waals surface area contributed by atoms with Gasteiger partial charge in [-0.1, -0.05) is 0 Å². The SMILES string of the molecule is Brc1cnn(C2CCN(c3ccncc3)C2)c1. The van der Waals surface area contributed by atoms with Crippen molar-refractivity contribution in [1.29, 1.82) is 0 Å². The van der Waals surface area contributed by atoms with Gasteiger partial charge >= 0.3 is 0 Å². The highest BCUT2D eigenvalue weighted by atomic mass is 79.9. The first-order chi connectivity index (χ1) is 8.33. The predicted molar refractivity (Wildman–Crippen MR) is 70.0 cm³/mol. The summed E-state index contributed by atoms with van der Waals surface area (Å²) in [6, 6.07) is 4.58. The number of nitrogens with zero attached hydrogens (tertiary/aromatic N) is 4. The van der Waals surface area contributed by atoms with Crippen LogP contribution in [0.3, 0.4) is 0 Å². The average molecular weight is 293 g/mol. The molecule has 0 aromatic carbocycles. The highest BCUT2D eigenvalue weighted by Crippen LogP contribution is 2.26. The summed E-state index contributed by atoms with van der Waals surface area (Å²) in [7, 11) is 0. The molecule has 2 aromatic heterocycles. The normalized spacial score (nSPS) is 19.8. The minimum atomic E-state index is 0.467. The molecule has 1 unspecified atom stereocenters. The topological polar surface area (TPSA) is 34.0 Å². The van der Waals surface area contributed by atoms with Gasteiger partial charge in [-0.05, 0) is 34.5 Å². The van der Waals surface area contributed by atoms with E-state index in [0.717, 1.165) is 24.0 Å². The van der Waals surface area contributed by atoms with Gasteiger partial charge in [0.05, 0.1) is 16.7 Å². The monoisotopic (exact) mass is 292 g/mol. The summed E-state index contributed by atoms with van der Waals surface area (Å²) >= 11 is 3.43. The Bertz CT molecular complexity index is 496. The lowest BCUT2D eigenvalue weighted by Crippen LogP contribution is -2.20. The van der Waals surface area contributed by atoms with E-state index in [1.165, 1.54) is 5.69 Å². The van der Waals surface area contributed by atoms with Gasteiger partial charge in [-0.3, -0.25) is 9.67 Å². The molecule has 1 atom stereocenters. The van der Waals surface area contributed by atoms with Gasteiger partial charge in [-0.15, -0.1) is 0 Å². The van der Waals surface area contributed by atoms with Gasteiger partial charge in [0, 0.05) is 37.4 Å². The van der Waals surface area contributed by atoms with Crippen LogP contribution in [0.5, 0.6) is 0 Å². The Balaban J connectivity index is 1.74. The van der Waals surface area contributed by atoms with E-state index in [4.69, 9.17) is 0 Å². The molecule has 0 bridgehead atoms. The van der Waals surface area contributed by atoms with Crippen LogP contribution in [0, 0.1) is 0 Å². The molecule has 3 heterocycles. The molecule has 2 aromatic rings. The molecule has 0 aliphatic carbocycles. The Morgan fingerprint density at radius 1 is 1.29 bits per heavy atom. The Hall–Kier alpha value is -1.36. The molecule has 4 nitrogen and oxygen atoms in total. The average Bonchev–Trinajstić information content (AvgIpc) is 2.98. The van der Waals surface area contributed by atoms with Gasteiger partial charge in [0.1, 0.15) is 0 Å². The second-order valence-corrected chi connectivity index (χ2v) is 5.15. The smallest absolute Gasteiger partial charge is 0.0711 e. The van der Waals surface area contributed by atoms with E-state index in [2.05, 4.69) is 43.0 Å². The van der Waals surface area contributed by atoms with Crippen molar-refractivity contribution in [2.24, 2.45) is 0 Å². The maximum atomic E-state index is 4.36. The van der Waals surface area contributed by atoms with Crippen LogP contribution in [0.2, 0.25) is 0 Å². The quantitative estimate of drug-likeness (QED) is 0.853. The maximum absolute atomic E-state index is 4.36. The summed E-state index contributed by atoms with van der Waals surface area (Å²) in [6.45, 7) is 2.09. The molecule has 1 saturated heterocycles. The van der Waals surface area contributed by atoms with Crippen molar-refractivity contribution in [2.75, 3.05) is 18.0 Å². The fraction of sp³-hybridized carbons (Fsp3) is 0.333. The molecule has 5 heteroatoms. The van der Waals surface area contributed by atoms with Crippen LogP contribution >= 0.6 is 15.9 Å². The number of pyridine rings is 1. The Kier molecular flexibility index (Phi) is 2.84. The van der Waals surface area contributed by atoms with Crippen molar-refractivity contribution in [3.8, 4) is 0 Å². The Labute approximate surface area is 108 Å². The summed E-state index contributed by atoms with van der Waals surface area (Å²) in [6.07, 6.45) is 8.70. The minimum absolute atomic E-state index is 0.467. The first kappa shape index (κ1) is 10.8. The third kappa shape index (κ3) is 2.20. The fourth-order valence-corrected chi connectivity index (χ4v) is 2.56. The molecule has 0 amide bonds. The first-order valence-electron chi connectivity index (χ1n) is 5.67. The van der Waals surface area contributed by atoms with E-state index >= 15 is 0 Å². The minimum Gasteiger partial charge on any atom is -0.369 e. The molecule has 1 fully saturated rings. The Morgan fingerprint density at radius 2 is 2.12 bits per heavy atom. The zero-order chi connectivity index (χ0) is 11.7. The molecule has 0 N–H and O–H groups in total. The summed E-state index contributed by atoms with van der Waals surface area (Å²) in [5, 5.41) is 4.36. The first-order valence-corrected chi connectivity index (χ1v) is 6.47. The van der Waals surface area contributed by atoms with Crippen LogP contribution < -0.4 is 4.90 Å². The van der Waals surface area contributed by atoms with Crippen LogP contribution in [0.15, 0.2) is 41.4 Å². The zero-order valence-corrected chi connectivity index (χ0v) is 10.9. The van der Waals surface area contributed by atoms with E-state index in [0.29, 0.717) is 6.04 Å². The fourth-order valence-electron chi connectivity index (χ4n) is 2.26. The van der Waals surface area contributed by atoms with E-state index in [1.54, 1.807) is 0 Å². The molecule has 0 saturated carbocycles. The lowest BCUT2D eigenvalue weighted by molar-refractivity contribution is 0.494. The molecule has 3 rings (SSSR count). The van der Waals surface area contributed by atoms with E-state index in [9.17, 15) is 0 Å². The molecule has 1 aliphatic heterocycles. The summed E-state index contributed by atoms with van der Waals surface area (Å²) < 4.78 is 3.09. The largest absolute Gasteiger partial charge is 0.369 e. The van der Waals surface area contributed by atoms with Gasteiger partial charge in [0.2, 0.25) is 0 Å². The van der Waals surface area contributed by atoms with Crippen molar-refractivity contribution in [1.82, 2.24) is 14.8 Å². The maximum Gasteiger partial charge on any atom is 0.0711 e. The number of halogens is 1. The summed E-state index contributed by atoms with van der Waals surface area (Å²) in [4.78, 5) is 6.42. The van der Waals surface area contributed by atoms with Gasteiger partial charge in [0.15, 0.2) is 0 Å². The number of rotatable bonds is 2. The van der Waals surface area contributed by atoms with Crippen LogP contribution in [0.1, 0.15) is 12.5 Å². The highest BCUT2D eigenvalue weighted by molar-refractivity contribution is 9.10. The van der Waals surface area contributed by atoms with Gasteiger partial charge in [0.25, 0.3) is 0 Å². The van der Waals surface area contributed by atoms with E-state index in [-0.39, 0.29) is 0 Å². The third-order valence-electron chi connectivity index (χ3n) is 3.14. The second kappa shape index (κ2) is 4.49. The van der Waals surface area contributed by atoms with Crippen molar-refractivity contribution in [3.05, 3.63) is 41.4 Å². The molecule has 17 heavy (non-hydrogen) atoms. The lowest BCUT2D eigenvalue weighted by atomic mass is 10.3. The molecular weight excluding hydrogens is 280 g/mol. The van der Waals surface area contributed by atoms with Crippen LogP contribution in [0.25, 0.3) is 0 Å². The number of anilines is 1. The third-order valence-corrected chi connectivity index (χ3v) is 3.54. The molecular formula is C12H13BrN4. The second-order valence-electron chi connectivity index (χ2n) is 4.23. The van der Waals surface area contributed by atoms with Crippen molar-refractivity contribution in [3.63, 3.8) is 0 Å². The molecule has 0 spiro atoms. The van der Waals surface area contributed by atoms with Crippen LogP contribution in [0.4, 0.5) is 5.69 Å². The van der Waals surface area contributed by atoms with Gasteiger partial charge in [-0.25, -0.2) is 0 Å². The molecule has 88 valence electrons. The standard InChI is InChI=1S/C12H13BrN4/c13-10-7-15-17(8-10)12-3-6-16(9-12)11-1-4-14-5-2-11/h1-2,4-5,7-8,12H,3,6,9H2.